The second-order valence-corrected chi connectivity index (χ2v) is 6.23. The fourth-order valence-corrected chi connectivity index (χ4v) is 2.95. The average molecular weight is 333 g/mol. The highest BCUT2D eigenvalue weighted by molar-refractivity contribution is 6.00. The van der Waals surface area contributed by atoms with Crippen LogP contribution in [0, 0.1) is 13.8 Å². The van der Waals surface area contributed by atoms with Crippen molar-refractivity contribution in [3.63, 3.8) is 0 Å². The highest BCUT2D eigenvalue weighted by Crippen LogP contribution is 2.15. The Morgan fingerprint density at radius 1 is 1.33 bits per heavy atom. The average Bonchev–Trinajstić information content (AvgIpc) is 2.95. The third-order valence-electron chi connectivity index (χ3n) is 4.16. The molecule has 1 atom stereocenters. The lowest BCUT2D eigenvalue weighted by Crippen LogP contribution is -2.37. The highest BCUT2D eigenvalue weighted by atomic mass is 16.5. The summed E-state index contributed by atoms with van der Waals surface area (Å²) in [5.41, 5.74) is 3.28. The minimum absolute atomic E-state index is 0. The maximum absolute atomic E-state index is 12.7. The fraction of sp³-hybridized carbons (Fsp3) is 0.579. The Morgan fingerprint density at radius 2 is 2.12 bits per heavy atom. The Balaban J connectivity index is 0.00000312. The quantitative estimate of drug-likeness (QED) is 0.551. The van der Waals surface area contributed by atoms with Crippen molar-refractivity contribution in [3.05, 3.63) is 35.3 Å². The number of aromatic nitrogens is 2. The molecule has 0 bridgehead atoms. The molecule has 0 radical (unpaired) electrons. The predicted octanol–water partition coefficient (Wildman–Crippen LogP) is 4.26. The molecule has 1 amide bonds. The van der Waals surface area contributed by atoms with E-state index >= 15 is 0 Å². The van der Waals surface area contributed by atoms with Gasteiger partial charge in [-0.05, 0) is 45.7 Å². The Morgan fingerprint density at radius 3 is 2.83 bits per heavy atom. The number of fused-ring (bicyclic) bond motifs is 1. The van der Waals surface area contributed by atoms with Gasteiger partial charge in [-0.15, -0.1) is 0 Å². The molecule has 2 aromatic heterocycles. The van der Waals surface area contributed by atoms with Crippen LogP contribution in [0.25, 0.3) is 5.65 Å². The van der Waals surface area contributed by atoms with E-state index in [1.54, 1.807) is 0 Å². The van der Waals surface area contributed by atoms with Crippen LogP contribution in [0.4, 0.5) is 0 Å². The van der Waals surface area contributed by atoms with E-state index < -0.39 is 0 Å². The molecule has 0 saturated carbocycles. The first-order valence-electron chi connectivity index (χ1n) is 8.94. The third kappa shape index (κ3) is 4.57. The van der Waals surface area contributed by atoms with Crippen LogP contribution < -0.4 is 5.32 Å². The molecular formula is C19H31N3O2. The van der Waals surface area contributed by atoms with Crippen LogP contribution >= 0.6 is 0 Å². The molecule has 0 fully saturated rings. The van der Waals surface area contributed by atoms with E-state index in [4.69, 9.17) is 4.74 Å². The van der Waals surface area contributed by atoms with Crippen LogP contribution in [0.15, 0.2) is 18.3 Å². The molecule has 2 aromatic rings. The molecule has 0 aromatic carbocycles. The first-order chi connectivity index (χ1) is 11.6. The van der Waals surface area contributed by atoms with Gasteiger partial charge in [0.05, 0.1) is 5.56 Å². The normalized spacial score (nSPS) is 12.5. The van der Waals surface area contributed by atoms with Crippen LogP contribution in [0.2, 0.25) is 0 Å². The summed E-state index contributed by atoms with van der Waals surface area (Å²) in [6, 6.07) is 3.83. The molecule has 0 aliphatic heterocycles. The van der Waals surface area contributed by atoms with E-state index in [0.717, 1.165) is 24.2 Å². The number of hydrogen-bond acceptors (Lipinski definition) is 3. The van der Waals surface area contributed by atoms with E-state index in [2.05, 4.69) is 17.2 Å². The smallest absolute Gasteiger partial charge is 0.257 e. The molecule has 24 heavy (non-hydrogen) atoms. The number of nitrogens with zero attached hydrogens (tertiary/aromatic N) is 2. The summed E-state index contributed by atoms with van der Waals surface area (Å²) in [5.74, 6) is -0.121. The molecule has 0 spiro atoms. The number of carbonyl (C=O) groups excluding carboxylic acids is 1. The number of carbonyl (C=O) groups is 1. The number of hydrogen-bond donors (Lipinski definition) is 1. The zero-order chi connectivity index (χ0) is 17.5. The molecule has 5 heteroatoms. The van der Waals surface area contributed by atoms with Crippen LogP contribution in [0.5, 0.6) is 0 Å². The lowest BCUT2D eigenvalue weighted by molar-refractivity contribution is 0.0285. The molecule has 2 heterocycles. The molecule has 0 aliphatic carbocycles. The minimum atomic E-state index is -0.236. The molecule has 1 N–H and O–H groups in total. The molecule has 0 saturated heterocycles. The van der Waals surface area contributed by atoms with Crippen LogP contribution in [0.1, 0.15) is 69.1 Å². The van der Waals surface area contributed by atoms with E-state index in [-0.39, 0.29) is 13.6 Å². The second-order valence-electron chi connectivity index (χ2n) is 6.23. The summed E-state index contributed by atoms with van der Waals surface area (Å²) in [7, 11) is 0. The monoisotopic (exact) mass is 333 g/mol. The summed E-state index contributed by atoms with van der Waals surface area (Å²) < 4.78 is 7.63. The zero-order valence-electron chi connectivity index (χ0n) is 15.3. The third-order valence-corrected chi connectivity index (χ3v) is 4.16. The van der Waals surface area contributed by atoms with Gasteiger partial charge in [-0.1, -0.05) is 26.2 Å². The van der Waals surface area contributed by atoms with Gasteiger partial charge in [0.15, 0.2) is 0 Å². The highest BCUT2D eigenvalue weighted by Gasteiger charge is 2.18. The van der Waals surface area contributed by atoms with Gasteiger partial charge in [0.1, 0.15) is 11.9 Å². The van der Waals surface area contributed by atoms with Crippen molar-refractivity contribution < 1.29 is 11.0 Å². The van der Waals surface area contributed by atoms with Crippen molar-refractivity contribution in [1.29, 1.82) is 0 Å². The number of ether oxygens (including phenoxy) is 1. The van der Waals surface area contributed by atoms with Crippen molar-refractivity contribution in [2.45, 2.75) is 66.0 Å². The number of amides is 1. The van der Waals surface area contributed by atoms with Gasteiger partial charge in [0, 0.05) is 25.6 Å². The SMILES string of the molecule is CCCCCCC(NC(=O)c1ccn2c(C)cc(C)nc12)OCC.[HH]. The fourth-order valence-electron chi connectivity index (χ4n) is 2.95. The Kier molecular flexibility index (Phi) is 6.79. The van der Waals surface area contributed by atoms with Crippen LogP contribution in [-0.4, -0.2) is 28.1 Å². The lowest BCUT2D eigenvalue weighted by atomic mass is 10.1. The topological polar surface area (TPSA) is 55.6 Å². The molecule has 134 valence electrons. The minimum Gasteiger partial charge on any atom is -0.359 e. The summed E-state index contributed by atoms with van der Waals surface area (Å²) in [4.78, 5) is 17.2. The molecule has 2 rings (SSSR count). The maximum atomic E-state index is 12.7. The molecular weight excluding hydrogens is 302 g/mol. The van der Waals surface area contributed by atoms with E-state index in [0.29, 0.717) is 17.8 Å². The van der Waals surface area contributed by atoms with Crippen molar-refractivity contribution in [1.82, 2.24) is 14.7 Å². The second kappa shape index (κ2) is 8.83. The Bertz CT molecular complexity index is 685. The van der Waals surface area contributed by atoms with Gasteiger partial charge >= 0.3 is 0 Å². The van der Waals surface area contributed by atoms with Crippen molar-refractivity contribution in [3.8, 4) is 0 Å². The van der Waals surface area contributed by atoms with E-state index in [9.17, 15) is 4.79 Å². The van der Waals surface area contributed by atoms with Crippen LogP contribution in [-0.2, 0) is 4.74 Å². The molecule has 1 unspecified atom stereocenters. The summed E-state index contributed by atoms with van der Waals surface area (Å²) >= 11 is 0. The van der Waals surface area contributed by atoms with Crippen molar-refractivity contribution in [2.24, 2.45) is 0 Å². The number of aryl methyl sites for hydroxylation is 2. The number of nitrogens with one attached hydrogen (secondary N) is 1. The summed E-state index contributed by atoms with van der Waals surface area (Å²) in [6.45, 7) is 8.69. The first kappa shape index (κ1) is 18.5. The van der Waals surface area contributed by atoms with E-state index in [1.165, 1.54) is 19.3 Å². The standard InChI is InChI=1S/C19H29N3O2.H2/c1-5-7-8-9-10-17(24-6-2)21-19(23)16-11-12-22-15(4)13-14(3)20-18(16)22;/h11-13,17H,5-10H2,1-4H3,(H,21,23);1H. The van der Waals surface area contributed by atoms with Gasteiger partial charge in [-0.25, -0.2) is 4.98 Å². The summed E-state index contributed by atoms with van der Waals surface area (Å²) in [5, 5.41) is 3.01. The Hall–Kier alpha value is -1.88. The lowest BCUT2D eigenvalue weighted by Gasteiger charge is -2.18. The molecule has 5 nitrogen and oxygen atoms in total. The maximum Gasteiger partial charge on any atom is 0.257 e. The van der Waals surface area contributed by atoms with Crippen molar-refractivity contribution in [2.75, 3.05) is 6.61 Å². The predicted molar refractivity (Wildman–Crippen MR) is 98.4 cm³/mol. The largest absolute Gasteiger partial charge is 0.359 e. The van der Waals surface area contributed by atoms with Gasteiger partial charge in [-0.2, -0.15) is 0 Å². The van der Waals surface area contributed by atoms with Gasteiger partial charge in [0.25, 0.3) is 5.91 Å². The van der Waals surface area contributed by atoms with E-state index in [1.807, 2.05) is 43.5 Å². The zero-order valence-corrected chi connectivity index (χ0v) is 15.3. The van der Waals surface area contributed by atoms with Gasteiger partial charge in [0.2, 0.25) is 0 Å². The van der Waals surface area contributed by atoms with Crippen molar-refractivity contribution >= 4 is 11.6 Å². The van der Waals surface area contributed by atoms with Gasteiger partial charge < -0.3 is 14.5 Å². The first-order valence-corrected chi connectivity index (χ1v) is 8.94. The molecule has 0 aliphatic rings. The number of rotatable bonds is 9. The Labute approximate surface area is 145 Å². The number of unbranched alkanes of at least 4 members (excludes halogenated alkanes) is 3. The van der Waals surface area contributed by atoms with Gasteiger partial charge in [-0.3, -0.25) is 4.79 Å². The van der Waals surface area contributed by atoms with Crippen LogP contribution in [0.3, 0.4) is 0 Å². The summed E-state index contributed by atoms with van der Waals surface area (Å²) in [6.07, 6.45) is 7.16.